The molecule has 0 aliphatic heterocycles. The molecule has 1 unspecified atom stereocenters. The molecule has 1 atom stereocenters. The van der Waals surface area contributed by atoms with E-state index in [-0.39, 0.29) is 30.2 Å². The van der Waals surface area contributed by atoms with Crippen LogP contribution < -0.4 is 10.1 Å². The molecule has 1 amide bonds. The van der Waals surface area contributed by atoms with E-state index in [4.69, 9.17) is 9.84 Å². The van der Waals surface area contributed by atoms with Crippen molar-refractivity contribution >= 4 is 5.91 Å². The number of nitrogens with one attached hydrogen (secondary N) is 1. The summed E-state index contributed by atoms with van der Waals surface area (Å²) < 4.78 is 33.2. The number of rotatable bonds is 6. The van der Waals surface area contributed by atoms with Crippen LogP contribution in [-0.2, 0) is 0 Å². The van der Waals surface area contributed by atoms with Gasteiger partial charge in [0, 0.05) is 24.8 Å². The van der Waals surface area contributed by atoms with Crippen LogP contribution >= 0.6 is 0 Å². The van der Waals surface area contributed by atoms with Gasteiger partial charge in [0.1, 0.15) is 17.4 Å². The molecule has 2 N–H and O–H groups in total. The third-order valence-corrected chi connectivity index (χ3v) is 3.62. The molecule has 0 aliphatic carbocycles. The van der Waals surface area contributed by atoms with E-state index in [0.717, 1.165) is 6.07 Å². The Kier molecular flexibility index (Phi) is 5.87. The van der Waals surface area contributed by atoms with Crippen LogP contribution in [0.4, 0.5) is 8.78 Å². The lowest BCUT2D eigenvalue weighted by molar-refractivity contribution is 0.0938. The smallest absolute Gasteiger partial charge is 0.254 e. The maximum absolute atomic E-state index is 14.2. The van der Waals surface area contributed by atoms with Crippen LogP contribution in [0.3, 0.4) is 0 Å². The summed E-state index contributed by atoms with van der Waals surface area (Å²) >= 11 is 0. The van der Waals surface area contributed by atoms with Gasteiger partial charge in [0.05, 0.1) is 12.7 Å². The van der Waals surface area contributed by atoms with Crippen molar-refractivity contribution in [2.75, 3.05) is 20.3 Å². The standard InChI is InChI=1S/C18H19F2NO3/c1-11(10-22)9-21-18(23)15-5-3-12(7-16(15)19)14-6-4-13(24-2)8-17(14)20/h3-8,11,22H,9-10H2,1-2H3,(H,21,23). The summed E-state index contributed by atoms with van der Waals surface area (Å²) in [6.07, 6.45) is 0. The van der Waals surface area contributed by atoms with E-state index >= 15 is 0 Å². The molecule has 0 aliphatic rings. The highest BCUT2D eigenvalue weighted by molar-refractivity contribution is 5.95. The van der Waals surface area contributed by atoms with Gasteiger partial charge >= 0.3 is 0 Å². The Balaban J connectivity index is 2.22. The van der Waals surface area contributed by atoms with Gasteiger partial charge in [0.25, 0.3) is 5.91 Å². The molecule has 24 heavy (non-hydrogen) atoms. The van der Waals surface area contributed by atoms with Gasteiger partial charge < -0.3 is 15.2 Å². The van der Waals surface area contributed by atoms with Crippen molar-refractivity contribution in [2.45, 2.75) is 6.92 Å². The number of methoxy groups -OCH3 is 1. The number of aliphatic hydroxyl groups excluding tert-OH is 1. The van der Waals surface area contributed by atoms with Gasteiger partial charge in [-0.1, -0.05) is 13.0 Å². The Hall–Kier alpha value is -2.47. The second-order valence-electron chi connectivity index (χ2n) is 5.54. The average molecular weight is 335 g/mol. The second-order valence-corrected chi connectivity index (χ2v) is 5.54. The van der Waals surface area contributed by atoms with Crippen LogP contribution in [0.5, 0.6) is 5.75 Å². The van der Waals surface area contributed by atoms with Gasteiger partial charge in [-0.25, -0.2) is 8.78 Å². The molecular weight excluding hydrogens is 316 g/mol. The van der Waals surface area contributed by atoms with Crippen molar-refractivity contribution in [3.63, 3.8) is 0 Å². The number of amides is 1. The van der Waals surface area contributed by atoms with Crippen LogP contribution in [0.25, 0.3) is 11.1 Å². The zero-order valence-corrected chi connectivity index (χ0v) is 13.5. The minimum Gasteiger partial charge on any atom is -0.497 e. The molecule has 0 spiro atoms. The molecule has 4 nitrogen and oxygen atoms in total. The van der Waals surface area contributed by atoms with E-state index < -0.39 is 17.5 Å². The molecule has 0 saturated heterocycles. The molecule has 128 valence electrons. The number of ether oxygens (including phenoxy) is 1. The van der Waals surface area contributed by atoms with Gasteiger partial charge in [0.2, 0.25) is 0 Å². The molecular formula is C18H19F2NO3. The van der Waals surface area contributed by atoms with Gasteiger partial charge in [-0.15, -0.1) is 0 Å². The molecule has 0 heterocycles. The highest BCUT2D eigenvalue weighted by atomic mass is 19.1. The normalized spacial score (nSPS) is 11.9. The molecule has 6 heteroatoms. The predicted octanol–water partition coefficient (Wildman–Crippen LogP) is 3.00. The average Bonchev–Trinajstić information content (AvgIpc) is 2.58. The fourth-order valence-electron chi connectivity index (χ4n) is 2.15. The minimum absolute atomic E-state index is 0.0710. The zero-order valence-electron chi connectivity index (χ0n) is 13.5. The number of hydrogen-bond donors (Lipinski definition) is 2. The van der Waals surface area contributed by atoms with E-state index in [2.05, 4.69) is 5.32 Å². The van der Waals surface area contributed by atoms with Crippen LogP contribution in [0.1, 0.15) is 17.3 Å². The third kappa shape index (κ3) is 4.08. The first kappa shape index (κ1) is 17.9. The summed E-state index contributed by atoms with van der Waals surface area (Å²) in [6, 6.07) is 8.20. The lowest BCUT2D eigenvalue weighted by Crippen LogP contribution is -2.30. The number of carbonyl (C=O) groups is 1. The van der Waals surface area contributed by atoms with Crippen LogP contribution in [0, 0.1) is 17.6 Å². The van der Waals surface area contributed by atoms with Crippen molar-refractivity contribution in [1.29, 1.82) is 0 Å². The fraction of sp³-hybridized carbons (Fsp3) is 0.278. The van der Waals surface area contributed by atoms with E-state index in [9.17, 15) is 13.6 Å². The van der Waals surface area contributed by atoms with Crippen LogP contribution in [0.15, 0.2) is 36.4 Å². The van der Waals surface area contributed by atoms with Gasteiger partial charge in [-0.3, -0.25) is 4.79 Å². The van der Waals surface area contributed by atoms with Gasteiger partial charge in [0.15, 0.2) is 0 Å². The van der Waals surface area contributed by atoms with E-state index in [1.807, 2.05) is 0 Å². The zero-order chi connectivity index (χ0) is 17.7. The Morgan fingerprint density at radius 1 is 1.21 bits per heavy atom. The Labute approximate surface area is 139 Å². The molecule has 0 bridgehead atoms. The predicted molar refractivity (Wildman–Crippen MR) is 86.9 cm³/mol. The molecule has 2 rings (SSSR count). The summed E-state index contributed by atoms with van der Waals surface area (Å²) in [6.45, 7) is 1.92. The number of benzene rings is 2. The number of aliphatic hydroxyl groups is 1. The largest absolute Gasteiger partial charge is 0.497 e. The minimum atomic E-state index is -0.739. The van der Waals surface area contributed by atoms with E-state index in [0.29, 0.717) is 11.3 Å². The first-order valence-electron chi connectivity index (χ1n) is 7.48. The quantitative estimate of drug-likeness (QED) is 0.853. The first-order valence-corrected chi connectivity index (χ1v) is 7.48. The lowest BCUT2D eigenvalue weighted by Gasteiger charge is -2.11. The SMILES string of the molecule is COc1ccc(-c2ccc(C(=O)NCC(C)CO)c(F)c2)c(F)c1. The van der Waals surface area contributed by atoms with Crippen LogP contribution in [0.2, 0.25) is 0 Å². The maximum atomic E-state index is 14.2. The Bertz CT molecular complexity index is 734. The molecule has 2 aromatic rings. The molecule has 0 fully saturated rings. The summed E-state index contributed by atoms with van der Waals surface area (Å²) in [5.41, 5.74) is 0.418. The second kappa shape index (κ2) is 7.88. The Morgan fingerprint density at radius 2 is 1.96 bits per heavy atom. The van der Waals surface area contributed by atoms with E-state index in [1.54, 1.807) is 13.0 Å². The Morgan fingerprint density at radius 3 is 2.54 bits per heavy atom. The number of hydrogen-bond acceptors (Lipinski definition) is 3. The lowest BCUT2D eigenvalue weighted by atomic mass is 10.0. The molecule has 2 aromatic carbocycles. The summed E-state index contributed by atoms with van der Waals surface area (Å²) in [5, 5.41) is 11.5. The fourth-order valence-corrected chi connectivity index (χ4v) is 2.15. The number of halogens is 2. The van der Waals surface area contributed by atoms with E-state index in [1.165, 1.54) is 31.4 Å². The topological polar surface area (TPSA) is 58.6 Å². The van der Waals surface area contributed by atoms with Gasteiger partial charge in [-0.2, -0.15) is 0 Å². The molecule has 0 saturated carbocycles. The summed E-state index contributed by atoms with van der Waals surface area (Å²) in [7, 11) is 1.43. The highest BCUT2D eigenvalue weighted by Crippen LogP contribution is 2.27. The third-order valence-electron chi connectivity index (χ3n) is 3.62. The maximum Gasteiger partial charge on any atom is 0.254 e. The monoisotopic (exact) mass is 335 g/mol. The highest BCUT2D eigenvalue weighted by Gasteiger charge is 2.15. The number of carbonyl (C=O) groups excluding carboxylic acids is 1. The van der Waals surface area contributed by atoms with Crippen molar-refractivity contribution in [3.8, 4) is 16.9 Å². The van der Waals surface area contributed by atoms with Crippen molar-refractivity contribution in [2.24, 2.45) is 5.92 Å². The van der Waals surface area contributed by atoms with Crippen molar-refractivity contribution in [3.05, 3.63) is 53.6 Å². The van der Waals surface area contributed by atoms with Gasteiger partial charge in [-0.05, 0) is 35.7 Å². The summed E-state index contributed by atoms with van der Waals surface area (Å²) in [4.78, 5) is 12.0. The molecule has 0 aromatic heterocycles. The molecule has 0 radical (unpaired) electrons. The summed E-state index contributed by atoms with van der Waals surface area (Å²) in [5.74, 6) is -1.61. The van der Waals surface area contributed by atoms with Crippen LogP contribution in [-0.4, -0.2) is 31.3 Å². The van der Waals surface area contributed by atoms with Crippen molar-refractivity contribution < 1.29 is 23.4 Å². The van der Waals surface area contributed by atoms with Crippen molar-refractivity contribution in [1.82, 2.24) is 5.32 Å². The first-order chi connectivity index (χ1) is 11.5.